The van der Waals surface area contributed by atoms with Crippen LogP contribution in [-0.4, -0.2) is 53.2 Å². The van der Waals surface area contributed by atoms with Gasteiger partial charge >= 0.3 is 5.69 Å². The molecule has 0 fully saturated rings. The van der Waals surface area contributed by atoms with E-state index in [1.165, 1.54) is 28.5 Å². The number of aryl methyl sites for hydroxylation is 1. The predicted octanol–water partition coefficient (Wildman–Crippen LogP) is 2.98. The van der Waals surface area contributed by atoms with E-state index in [4.69, 9.17) is 9.47 Å². The lowest BCUT2D eigenvalue weighted by atomic mass is 10.1. The number of ether oxygens (including phenoxy) is 2. The second-order valence-corrected chi connectivity index (χ2v) is 10.2. The molecule has 0 spiro atoms. The summed E-state index contributed by atoms with van der Waals surface area (Å²) < 4.78 is 52.6. The fraction of sp³-hybridized carbons (Fsp3) is 0.292. The van der Waals surface area contributed by atoms with Crippen molar-refractivity contribution in [2.45, 2.75) is 13.0 Å². The number of hydrogen-bond acceptors (Lipinski definition) is 7. The Morgan fingerprint density at radius 1 is 1.17 bits per heavy atom. The standard InChI is InChI=1S/C24H25FN4O5S/c1-5-34-23-21(33-3)11-10-18(27-23)20(14-35(4,31)32)29-22-19(28(2)24(29)30)12-15(13-26-22)16-8-6-7-9-17(16)25/h6-13,20H,5,14H2,1-4H3/t20-/m1/s1. The van der Waals surface area contributed by atoms with E-state index in [1.807, 2.05) is 0 Å². The van der Waals surface area contributed by atoms with E-state index in [0.29, 0.717) is 34.7 Å². The van der Waals surface area contributed by atoms with E-state index in [0.717, 1.165) is 6.26 Å². The number of rotatable bonds is 8. The first-order valence-corrected chi connectivity index (χ1v) is 12.9. The van der Waals surface area contributed by atoms with Crippen molar-refractivity contribution in [3.05, 3.63) is 70.7 Å². The van der Waals surface area contributed by atoms with Gasteiger partial charge in [-0.15, -0.1) is 0 Å². The van der Waals surface area contributed by atoms with Crippen LogP contribution in [0, 0.1) is 5.82 Å². The largest absolute Gasteiger partial charge is 0.491 e. The van der Waals surface area contributed by atoms with Crippen LogP contribution in [0.5, 0.6) is 11.6 Å². The lowest BCUT2D eigenvalue weighted by Crippen LogP contribution is -2.31. The van der Waals surface area contributed by atoms with Crippen LogP contribution in [-0.2, 0) is 16.9 Å². The minimum absolute atomic E-state index is 0.189. The van der Waals surface area contributed by atoms with Gasteiger partial charge in [-0.25, -0.2) is 27.6 Å². The van der Waals surface area contributed by atoms with Gasteiger partial charge in [-0.05, 0) is 31.2 Å². The second-order valence-electron chi connectivity index (χ2n) is 8.04. The Labute approximate surface area is 201 Å². The minimum Gasteiger partial charge on any atom is -0.491 e. The molecule has 9 nitrogen and oxygen atoms in total. The molecule has 1 aromatic carbocycles. The Morgan fingerprint density at radius 3 is 2.57 bits per heavy atom. The number of imidazole rings is 1. The van der Waals surface area contributed by atoms with Crippen molar-refractivity contribution in [2.24, 2.45) is 7.05 Å². The molecule has 11 heteroatoms. The van der Waals surface area contributed by atoms with Crippen molar-refractivity contribution < 1.29 is 22.3 Å². The zero-order valence-corrected chi connectivity index (χ0v) is 20.5. The zero-order valence-electron chi connectivity index (χ0n) is 19.7. The van der Waals surface area contributed by atoms with Gasteiger partial charge in [-0.3, -0.25) is 9.13 Å². The van der Waals surface area contributed by atoms with Gasteiger partial charge in [0.15, 0.2) is 11.4 Å². The van der Waals surface area contributed by atoms with Gasteiger partial charge in [0.1, 0.15) is 15.7 Å². The summed E-state index contributed by atoms with van der Waals surface area (Å²) in [7, 11) is -0.526. The van der Waals surface area contributed by atoms with Gasteiger partial charge < -0.3 is 9.47 Å². The van der Waals surface area contributed by atoms with Crippen LogP contribution in [0.3, 0.4) is 0 Å². The smallest absolute Gasteiger partial charge is 0.330 e. The lowest BCUT2D eigenvalue weighted by Gasteiger charge is -2.19. The van der Waals surface area contributed by atoms with Gasteiger partial charge in [-0.1, -0.05) is 18.2 Å². The Morgan fingerprint density at radius 2 is 1.91 bits per heavy atom. The molecule has 0 radical (unpaired) electrons. The molecule has 3 aromatic heterocycles. The van der Waals surface area contributed by atoms with Crippen molar-refractivity contribution in [1.29, 1.82) is 0 Å². The van der Waals surface area contributed by atoms with Crippen molar-refractivity contribution in [1.82, 2.24) is 19.1 Å². The maximum atomic E-state index is 14.4. The molecule has 35 heavy (non-hydrogen) atoms. The minimum atomic E-state index is -3.55. The average Bonchev–Trinajstić information content (AvgIpc) is 3.07. The second kappa shape index (κ2) is 9.49. The summed E-state index contributed by atoms with van der Waals surface area (Å²) in [6, 6.07) is 10.1. The van der Waals surface area contributed by atoms with Gasteiger partial charge in [0.05, 0.1) is 36.7 Å². The summed E-state index contributed by atoms with van der Waals surface area (Å²) in [6.07, 6.45) is 2.55. The number of halogens is 1. The molecule has 184 valence electrons. The highest BCUT2D eigenvalue weighted by molar-refractivity contribution is 7.90. The number of aromatic nitrogens is 4. The van der Waals surface area contributed by atoms with E-state index in [9.17, 15) is 17.6 Å². The molecule has 0 aliphatic heterocycles. The van der Waals surface area contributed by atoms with Crippen molar-refractivity contribution in [2.75, 3.05) is 25.7 Å². The number of pyridine rings is 2. The van der Waals surface area contributed by atoms with Crippen LogP contribution >= 0.6 is 0 Å². The third-order valence-electron chi connectivity index (χ3n) is 5.58. The lowest BCUT2D eigenvalue weighted by molar-refractivity contribution is 0.296. The molecule has 3 heterocycles. The van der Waals surface area contributed by atoms with E-state index < -0.39 is 33.1 Å². The number of hydrogen-bond donors (Lipinski definition) is 0. The molecular formula is C24H25FN4O5S. The third-order valence-corrected chi connectivity index (χ3v) is 6.50. The van der Waals surface area contributed by atoms with Crippen LogP contribution in [0.25, 0.3) is 22.3 Å². The molecule has 1 atom stereocenters. The van der Waals surface area contributed by atoms with Crippen molar-refractivity contribution in [3.8, 4) is 22.8 Å². The zero-order chi connectivity index (χ0) is 25.3. The monoisotopic (exact) mass is 500 g/mol. The fourth-order valence-electron chi connectivity index (χ4n) is 3.96. The van der Waals surface area contributed by atoms with Crippen LogP contribution in [0.15, 0.2) is 53.5 Å². The highest BCUT2D eigenvalue weighted by Crippen LogP contribution is 2.31. The van der Waals surface area contributed by atoms with Crippen molar-refractivity contribution >= 4 is 21.0 Å². The van der Waals surface area contributed by atoms with E-state index in [2.05, 4.69) is 9.97 Å². The predicted molar refractivity (Wildman–Crippen MR) is 130 cm³/mol. The molecule has 0 bridgehead atoms. The molecule has 0 unspecified atom stereocenters. The Hall–Kier alpha value is -3.73. The van der Waals surface area contributed by atoms with Crippen LogP contribution in [0.4, 0.5) is 4.39 Å². The maximum absolute atomic E-state index is 14.4. The highest BCUT2D eigenvalue weighted by Gasteiger charge is 2.28. The number of methoxy groups -OCH3 is 1. The molecule has 4 aromatic rings. The quantitative estimate of drug-likeness (QED) is 0.366. The van der Waals surface area contributed by atoms with Gasteiger partial charge in [0, 0.05) is 30.6 Å². The normalized spacial score (nSPS) is 12.6. The fourth-order valence-corrected chi connectivity index (χ4v) is 4.85. The van der Waals surface area contributed by atoms with E-state index in [-0.39, 0.29) is 11.5 Å². The molecule has 0 saturated heterocycles. The number of fused-ring (bicyclic) bond motifs is 1. The Balaban J connectivity index is 1.94. The SMILES string of the molecule is CCOc1nc([C@@H](CS(C)(=O)=O)n2c(=O)n(C)c3cc(-c4ccccc4F)cnc32)ccc1OC. The van der Waals surface area contributed by atoms with Gasteiger partial charge in [0.2, 0.25) is 0 Å². The molecule has 0 N–H and O–H groups in total. The number of sulfone groups is 1. The Kier molecular flexibility index (Phi) is 6.62. The summed E-state index contributed by atoms with van der Waals surface area (Å²) in [4.78, 5) is 22.3. The summed E-state index contributed by atoms with van der Waals surface area (Å²) in [5.41, 5.74) is 1.32. The molecule has 0 aliphatic rings. The maximum Gasteiger partial charge on any atom is 0.330 e. The molecule has 0 amide bonds. The first-order valence-electron chi connectivity index (χ1n) is 10.8. The van der Waals surface area contributed by atoms with Crippen LogP contribution in [0.2, 0.25) is 0 Å². The highest BCUT2D eigenvalue weighted by atomic mass is 32.2. The molecule has 0 saturated carbocycles. The van der Waals surface area contributed by atoms with E-state index >= 15 is 0 Å². The van der Waals surface area contributed by atoms with Crippen LogP contribution in [0.1, 0.15) is 18.7 Å². The van der Waals surface area contributed by atoms with E-state index in [1.54, 1.807) is 50.4 Å². The summed E-state index contributed by atoms with van der Waals surface area (Å²) in [6.45, 7) is 2.10. The summed E-state index contributed by atoms with van der Waals surface area (Å²) in [5.74, 6) is -0.243. The summed E-state index contributed by atoms with van der Waals surface area (Å²) >= 11 is 0. The third kappa shape index (κ3) is 4.76. The average molecular weight is 501 g/mol. The van der Waals surface area contributed by atoms with Crippen LogP contribution < -0.4 is 15.2 Å². The van der Waals surface area contributed by atoms with Gasteiger partial charge in [-0.2, -0.15) is 0 Å². The first-order chi connectivity index (χ1) is 16.6. The van der Waals surface area contributed by atoms with Crippen molar-refractivity contribution in [3.63, 3.8) is 0 Å². The first kappa shape index (κ1) is 24.4. The molecule has 4 rings (SSSR count). The Bertz CT molecular complexity index is 1560. The number of nitrogens with zero attached hydrogens (tertiary/aromatic N) is 4. The number of benzene rings is 1. The summed E-state index contributed by atoms with van der Waals surface area (Å²) in [5, 5.41) is 0. The molecule has 0 aliphatic carbocycles. The topological polar surface area (TPSA) is 105 Å². The van der Waals surface area contributed by atoms with Gasteiger partial charge in [0.25, 0.3) is 5.88 Å². The molecular weight excluding hydrogens is 475 g/mol.